The Balaban J connectivity index is 1.82. The average Bonchev–Trinajstić information content (AvgIpc) is 3.16. The number of rotatable bonds is 7. The third kappa shape index (κ3) is 4.43. The van der Waals surface area contributed by atoms with Gasteiger partial charge in [0.25, 0.3) is 0 Å². The summed E-state index contributed by atoms with van der Waals surface area (Å²) in [7, 11) is 4.64. The van der Waals surface area contributed by atoms with E-state index in [1.807, 2.05) is 0 Å². The Bertz CT molecular complexity index is 924. The monoisotopic (exact) mass is 426 g/mol. The van der Waals surface area contributed by atoms with E-state index in [9.17, 15) is 0 Å². The zero-order chi connectivity index (χ0) is 19.4. The molecule has 0 amide bonds. The number of nitrogens with zero attached hydrogens (tertiary/aromatic N) is 2. The molecule has 9 heteroatoms. The quantitative estimate of drug-likeness (QED) is 0.470. The third-order valence-electron chi connectivity index (χ3n) is 3.62. The maximum atomic E-state index is 6.17. The molecule has 0 aliphatic rings. The second kappa shape index (κ2) is 8.73. The van der Waals surface area contributed by atoms with Crippen LogP contribution in [0.2, 0.25) is 10.0 Å². The Morgan fingerprint density at radius 3 is 2.30 bits per heavy atom. The average molecular weight is 427 g/mol. The van der Waals surface area contributed by atoms with Gasteiger partial charge in [0.15, 0.2) is 11.5 Å². The van der Waals surface area contributed by atoms with Crippen LogP contribution >= 0.6 is 35.0 Å². The number of ether oxygens (including phenoxy) is 3. The Labute approximate surface area is 170 Å². The lowest BCUT2D eigenvalue weighted by Gasteiger charge is -2.12. The van der Waals surface area contributed by atoms with Crippen LogP contribution in [0.4, 0.5) is 0 Å². The fourth-order valence-electron chi connectivity index (χ4n) is 2.36. The molecule has 0 fully saturated rings. The summed E-state index contributed by atoms with van der Waals surface area (Å²) in [5.41, 5.74) is 0.661. The maximum absolute atomic E-state index is 6.17. The van der Waals surface area contributed by atoms with Gasteiger partial charge in [0.1, 0.15) is 0 Å². The van der Waals surface area contributed by atoms with Gasteiger partial charge in [-0.3, -0.25) is 0 Å². The van der Waals surface area contributed by atoms with Gasteiger partial charge in [0.05, 0.1) is 32.1 Å². The number of halogens is 2. The van der Waals surface area contributed by atoms with Crippen molar-refractivity contribution in [2.75, 3.05) is 21.3 Å². The standard InChI is InChI=1S/C18H16Cl2N2O4S/c1-23-13-6-10(7-14(24-2)17(13)25-3)18-22-21-16(26-18)9-27-15-8-11(19)4-5-12(15)20/h4-8H,9H2,1-3H3. The van der Waals surface area contributed by atoms with Crippen LogP contribution in [0.5, 0.6) is 17.2 Å². The number of hydrogen-bond acceptors (Lipinski definition) is 7. The van der Waals surface area contributed by atoms with E-state index in [1.54, 1.807) is 51.7 Å². The lowest BCUT2D eigenvalue weighted by molar-refractivity contribution is 0.324. The summed E-state index contributed by atoms with van der Waals surface area (Å²) < 4.78 is 21.8. The van der Waals surface area contributed by atoms with Crippen molar-refractivity contribution in [1.29, 1.82) is 0 Å². The molecule has 0 aliphatic heterocycles. The first kappa shape index (κ1) is 19.7. The first-order chi connectivity index (χ1) is 13.0. The lowest BCUT2D eigenvalue weighted by Crippen LogP contribution is -1.95. The number of methoxy groups -OCH3 is 3. The van der Waals surface area contributed by atoms with E-state index in [1.165, 1.54) is 11.8 Å². The summed E-state index contributed by atoms with van der Waals surface area (Å²) in [6.07, 6.45) is 0. The molecule has 0 aliphatic carbocycles. The van der Waals surface area contributed by atoms with Crippen molar-refractivity contribution in [3.05, 3.63) is 46.3 Å². The third-order valence-corrected chi connectivity index (χ3v) is 5.34. The Kier molecular flexibility index (Phi) is 6.36. The van der Waals surface area contributed by atoms with Crippen LogP contribution in [0.3, 0.4) is 0 Å². The van der Waals surface area contributed by atoms with E-state index in [-0.39, 0.29) is 0 Å². The van der Waals surface area contributed by atoms with Crippen LogP contribution in [-0.2, 0) is 5.75 Å². The molecule has 0 saturated carbocycles. The maximum Gasteiger partial charge on any atom is 0.248 e. The molecule has 142 valence electrons. The van der Waals surface area contributed by atoms with Crippen LogP contribution in [-0.4, -0.2) is 31.5 Å². The molecule has 1 aromatic heterocycles. The van der Waals surface area contributed by atoms with Gasteiger partial charge in [-0.1, -0.05) is 23.2 Å². The number of thioether (sulfide) groups is 1. The molecule has 1 heterocycles. The summed E-state index contributed by atoms with van der Waals surface area (Å²) in [5, 5.41) is 9.43. The van der Waals surface area contributed by atoms with Gasteiger partial charge in [-0.05, 0) is 30.3 Å². The molecule has 3 aromatic rings. The summed E-state index contributed by atoms with van der Waals surface area (Å²) in [6.45, 7) is 0. The SMILES string of the molecule is COc1cc(-c2nnc(CSc3cc(Cl)ccc3Cl)o2)cc(OC)c1OC. The fourth-order valence-corrected chi connectivity index (χ4v) is 3.69. The van der Waals surface area contributed by atoms with Gasteiger partial charge in [-0.2, -0.15) is 0 Å². The van der Waals surface area contributed by atoms with Crippen LogP contribution < -0.4 is 14.2 Å². The van der Waals surface area contributed by atoms with Gasteiger partial charge < -0.3 is 18.6 Å². The molecule has 0 bridgehead atoms. The van der Waals surface area contributed by atoms with Gasteiger partial charge in [-0.15, -0.1) is 22.0 Å². The highest BCUT2D eigenvalue weighted by Gasteiger charge is 2.17. The largest absolute Gasteiger partial charge is 0.493 e. The van der Waals surface area contributed by atoms with Gasteiger partial charge >= 0.3 is 0 Å². The Morgan fingerprint density at radius 1 is 0.963 bits per heavy atom. The second-order valence-electron chi connectivity index (χ2n) is 5.28. The minimum Gasteiger partial charge on any atom is -0.493 e. The van der Waals surface area contributed by atoms with Gasteiger partial charge in [0.2, 0.25) is 17.5 Å². The van der Waals surface area contributed by atoms with Crippen molar-refractivity contribution in [3.8, 4) is 28.7 Å². The van der Waals surface area contributed by atoms with Crippen molar-refractivity contribution < 1.29 is 18.6 Å². The molecule has 0 N–H and O–H groups in total. The zero-order valence-corrected chi connectivity index (χ0v) is 17.1. The van der Waals surface area contributed by atoms with E-state index in [4.69, 9.17) is 41.8 Å². The van der Waals surface area contributed by atoms with Crippen molar-refractivity contribution in [3.63, 3.8) is 0 Å². The van der Waals surface area contributed by atoms with E-state index in [0.717, 1.165) is 4.90 Å². The highest BCUT2D eigenvalue weighted by Crippen LogP contribution is 2.41. The molecule has 0 spiro atoms. The number of hydrogen-bond donors (Lipinski definition) is 0. The fraction of sp³-hybridized carbons (Fsp3) is 0.222. The minimum atomic E-state index is 0.349. The van der Waals surface area contributed by atoms with E-state index in [0.29, 0.717) is 50.4 Å². The minimum absolute atomic E-state index is 0.349. The Morgan fingerprint density at radius 2 is 1.67 bits per heavy atom. The second-order valence-corrected chi connectivity index (χ2v) is 7.14. The molecule has 0 atom stereocenters. The number of aromatic nitrogens is 2. The molecular formula is C18H16Cl2N2O4S. The summed E-state index contributed by atoms with van der Waals surface area (Å²) in [4.78, 5) is 0.844. The van der Waals surface area contributed by atoms with E-state index in [2.05, 4.69) is 10.2 Å². The predicted molar refractivity (Wildman–Crippen MR) is 105 cm³/mol. The molecule has 3 rings (SSSR count). The van der Waals surface area contributed by atoms with Crippen LogP contribution in [0.15, 0.2) is 39.6 Å². The van der Waals surface area contributed by atoms with Gasteiger partial charge in [-0.25, -0.2) is 0 Å². The zero-order valence-electron chi connectivity index (χ0n) is 14.8. The lowest BCUT2D eigenvalue weighted by atomic mass is 10.2. The molecule has 6 nitrogen and oxygen atoms in total. The molecule has 27 heavy (non-hydrogen) atoms. The Hall–Kier alpha value is -2.09. The molecule has 2 aromatic carbocycles. The highest BCUT2D eigenvalue weighted by molar-refractivity contribution is 7.98. The van der Waals surface area contributed by atoms with E-state index >= 15 is 0 Å². The molecule has 0 saturated heterocycles. The van der Waals surface area contributed by atoms with Crippen molar-refractivity contribution in [2.24, 2.45) is 0 Å². The summed E-state index contributed by atoms with van der Waals surface area (Å²) >= 11 is 13.6. The number of benzene rings is 2. The topological polar surface area (TPSA) is 66.6 Å². The molecular weight excluding hydrogens is 411 g/mol. The molecule has 0 unspecified atom stereocenters. The first-order valence-corrected chi connectivity index (χ1v) is 9.50. The summed E-state index contributed by atoms with van der Waals surface area (Å²) in [6, 6.07) is 8.79. The summed E-state index contributed by atoms with van der Waals surface area (Å²) in [5.74, 6) is 2.77. The van der Waals surface area contributed by atoms with Gasteiger partial charge in [0, 0.05) is 15.5 Å². The van der Waals surface area contributed by atoms with Crippen LogP contribution in [0.25, 0.3) is 11.5 Å². The molecule has 0 radical (unpaired) electrons. The van der Waals surface area contributed by atoms with Crippen molar-refractivity contribution >= 4 is 35.0 Å². The van der Waals surface area contributed by atoms with Crippen molar-refractivity contribution in [1.82, 2.24) is 10.2 Å². The van der Waals surface area contributed by atoms with Crippen LogP contribution in [0.1, 0.15) is 5.89 Å². The first-order valence-electron chi connectivity index (χ1n) is 7.76. The van der Waals surface area contributed by atoms with Crippen LogP contribution in [0, 0.1) is 0 Å². The highest BCUT2D eigenvalue weighted by atomic mass is 35.5. The normalized spacial score (nSPS) is 10.7. The van der Waals surface area contributed by atoms with E-state index < -0.39 is 0 Å². The smallest absolute Gasteiger partial charge is 0.248 e. The van der Waals surface area contributed by atoms with Crippen molar-refractivity contribution in [2.45, 2.75) is 10.6 Å². The predicted octanol–water partition coefficient (Wildman–Crippen LogP) is 5.36.